The van der Waals surface area contributed by atoms with E-state index in [-0.39, 0.29) is 0 Å². The number of hydrogen-bond acceptors (Lipinski definition) is 4. The molecule has 2 rings (SSSR count). The van der Waals surface area contributed by atoms with Crippen LogP contribution in [0.25, 0.3) is 0 Å². The number of halogens is 1. The Bertz CT molecular complexity index is 321. The third-order valence-electron chi connectivity index (χ3n) is 2.29. The quantitative estimate of drug-likeness (QED) is 0.764. The standard InChI is InChI=1S/C9H12BrN3O/c1-7-5-14-3-2-13(7)9-8(10)4-11-6-12-9/h4,6-7H,2-3,5H2,1H3. The van der Waals surface area contributed by atoms with Gasteiger partial charge in [-0.2, -0.15) is 0 Å². The second-order valence-corrected chi connectivity index (χ2v) is 4.17. The number of morpholine rings is 1. The van der Waals surface area contributed by atoms with Gasteiger partial charge in [-0.15, -0.1) is 0 Å². The van der Waals surface area contributed by atoms with Crippen molar-refractivity contribution in [3.05, 3.63) is 17.0 Å². The van der Waals surface area contributed by atoms with Crippen LogP contribution in [0.15, 0.2) is 17.0 Å². The number of nitrogens with zero attached hydrogens (tertiary/aromatic N) is 3. The lowest BCUT2D eigenvalue weighted by Gasteiger charge is -2.34. The van der Waals surface area contributed by atoms with Gasteiger partial charge in [0.05, 0.1) is 23.7 Å². The Morgan fingerprint density at radius 3 is 3.21 bits per heavy atom. The number of anilines is 1. The summed E-state index contributed by atoms with van der Waals surface area (Å²) in [6, 6.07) is 0.370. The summed E-state index contributed by atoms with van der Waals surface area (Å²) in [5.74, 6) is 0.954. The molecular weight excluding hydrogens is 246 g/mol. The predicted molar refractivity (Wildman–Crippen MR) is 57.4 cm³/mol. The van der Waals surface area contributed by atoms with Gasteiger partial charge in [0.15, 0.2) is 0 Å². The molecule has 1 aromatic heterocycles. The third kappa shape index (κ3) is 1.88. The summed E-state index contributed by atoms with van der Waals surface area (Å²) in [5.41, 5.74) is 0. The Balaban J connectivity index is 2.25. The highest BCUT2D eigenvalue weighted by atomic mass is 79.9. The molecule has 4 nitrogen and oxygen atoms in total. The van der Waals surface area contributed by atoms with Crippen molar-refractivity contribution in [2.24, 2.45) is 0 Å². The fraction of sp³-hybridized carbons (Fsp3) is 0.556. The predicted octanol–water partition coefficient (Wildman–Crippen LogP) is 1.46. The maximum atomic E-state index is 5.37. The smallest absolute Gasteiger partial charge is 0.146 e. The molecule has 1 aliphatic heterocycles. The van der Waals surface area contributed by atoms with E-state index in [4.69, 9.17) is 4.74 Å². The van der Waals surface area contributed by atoms with Gasteiger partial charge in [0, 0.05) is 12.7 Å². The Hall–Kier alpha value is -0.680. The van der Waals surface area contributed by atoms with Crippen molar-refractivity contribution in [2.45, 2.75) is 13.0 Å². The van der Waals surface area contributed by atoms with E-state index in [9.17, 15) is 0 Å². The first-order valence-corrected chi connectivity index (χ1v) is 5.38. The van der Waals surface area contributed by atoms with Gasteiger partial charge in [0.1, 0.15) is 12.1 Å². The molecule has 76 valence electrons. The van der Waals surface area contributed by atoms with E-state index in [1.54, 1.807) is 12.5 Å². The van der Waals surface area contributed by atoms with Crippen LogP contribution >= 0.6 is 15.9 Å². The van der Waals surface area contributed by atoms with Crippen LogP contribution in [0.5, 0.6) is 0 Å². The lowest BCUT2D eigenvalue weighted by atomic mass is 10.2. The molecule has 0 saturated carbocycles. The average molecular weight is 258 g/mol. The van der Waals surface area contributed by atoms with Gasteiger partial charge in [0.2, 0.25) is 0 Å². The van der Waals surface area contributed by atoms with E-state index < -0.39 is 0 Å². The minimum atomic E-state index is 0.370. The molecule has 1 fully saturated rings. The molecule has 0 aromatic carbocycles. The van der Waals surface area contributed by atoms with Crippen LogP contribution in [0.4, 0.5) is 5.82 Å². The summed E-state index contributed by atoms with van der Waals surface area (Å²) in [6.45, 7) is 4.54. The van der Waals surface area contributed by atoms with Gasteiger partial charge in [-0.25, -0.2) is 9.97 Å². The van der Waals surface area contributed by atoms with Crippen molar-refractivity contribution in [3.63, 3.8) is 0 Å². The molecule has 1 saturated heterocycles. The topological polar surface area (TPSA) is 38.2 Å². The monoisotopic (exact) mass is 257 g/mol. The largest absolute Gasteiger partial charge is 0.377 e. The van der Waals surface area contributed by atoms with Crippen molar-refractivity contribution in [2.75, 3.05) is 24.7 Å². The van der Waals surface area contributed by atoms with Gasteiger partial charge >= 0.3 is 0 Å². The molecule has 1 aliphatic rings. The third-order valence-corrected chi connectivity index (χ3v) is 2.85. The highest BCUT2D eigenvalue weighted by Crippen LogP contribution is 2.24. The number of ether oxygens (including phenoxy) is 1. The number of hydrogen-bond donors (Lipinski definition) is 0. The van der Waals surface area contributed by atoms with Gasteiger partial charge in [-0.1, -0.05) is 0 Å². The molecule has 0 N–H and O–H groups in total. The van der Waals surface area contributed by atoms with Crippen LogP contribution in [0.3, 0.4) is 0 Å². The van der Waals surface area contributed by atoms with Crippen molar-refractivity contribution in [1.82, 2.24) is 9.97 Å². The molecule has 0 bridgehead atoms. The summed E-state index contributed by atoms with van der Waals surface area (Å²) in [7, 11) is 0. The summed E-state index contributed by atoms with van der Waals surface area (Å²) in [5, 5.41) is 0. The zero-order valence-corrected chi connectivity index (χ0v) is 9.57. The Kier molecular flexibility index (Phi) is 2.98. The van der Waals surface area contributed by atoms with E-state index in [1.807, 2.05) is 0 Å². The summed E-state index contributed by atoms with van der Waals surface area (Å²) >= 11 is 3.45. The van der Waals surface area contributed by atoms with Crippen LogP contribution in [-0.4, -0.2) is 35.8 Å². The molecule has 0 amide bonds. The van der Waals surface area contributed by atoms with E-state index >= 15 is 0 Å². The normalized spacial score (nSPS) is 22.4. The van der Waals surface area contributed by atoms with E-state index in [0.29, 0.717) is 6.04 Å². The fourth-order valence-corrected chi connectivity index (χ4v) is 2.01. The first kappa shape index (κ1) is 9.86. The highest BCUT2D eigenvalue weighted by molar-refractivity contribution is 9.10. The molecule has 1 unspecified atom stereocenters. The van der Waals surface area contributed by atoms with Crippen molar-refractivity contribution >= 4 is 21.7 Å². The Labute approximate surface area is 91.4 Å². The molecule has 5 heteroatoms. The molecule has 1 aromatic rings. The molecule has 2 heterocycles. The van der Waals surface area contributed by atoms with Gasteiger partial charge in [-0.05, 0) is 22.9 Å². The lowest BCUT2D eigenvalue weighted by Crippen LogP contribution is -2.44. The second kappa shape index (κ2) is 4.23. The SMILES string of the molecule is CC1COCCN1c1ncncc1Br. The first-order valence-electron chi connectivity index (χ1n) is 4.59. The van der Waals surface area contributed by atoms with E-state index in [0.717, 1.165) is 30.0 Å². The second-order valence-electron chi connectivity index (χ2n) is 3.31. The van der Waals surface area contributed by atoms with Crippen LogP contribution < -0.4 is 4.90 Å². The zero-order chi connectivity index (χ0) is 9.97. The fourth-order valence-electron chi connectivity index (χ4n) is 1.56. The average Bonchev–Trinajstić information content (AvgIpc) is 2.20. The zero-order valence-electron chi connectivity index (χ0n) is 7.98. The van der Waals surface area contributed by atoms with Crippen molar-refractivity contribution in [3.8, 4) is 0 Å². The maximum Gasteiger partial charge on any atom is 0.146 e. The van der Waals surface area contributed by atoms with E-state index in [2.05, 4.69) is 37.7 Å². The van der Waals surface area contributed by atoms with Gasteiger partial charge < -0.3 is 9.64 Å². The van der Waals surface area contributed by atoms with Gasteiger partial charge in [-0.3, -0.25) is 0 Å². The van der Waals surface area contributed by atoms with Crippen LogP contribution in [-0.2, 0) is 4.74 Å². The minimum absolute atomic E-state index is 0.370. The molecule has 0 aliphatic carbocycles. The highest BCUT2D eigenvalue weighted by Gasteiger charge is 2.21. The minimum Gasteiger partial charge on any atom is -0.377 e. The molecule has 0 radical (unpaired) electrons. The van der Waals surface area contributed by atoms with Crippen LogP contribution in [0.1, 0.15) is 6.92 Å². The summed E-state index contributed by atoms with van der Waals surface area (Å²) < 4.78 is 6.31. The maximum absolute atomic E-state index is 5.37. The molecule has 1 atom stereocenters. The Morgan fingerprint density at radius 1 is 1.64 bits per heavy atom. The summed E-state index contributed by atoms with van der Waals surface area (Å²) in [4.78, 5) is 10.4. The van der Waals surface area contributed by atoms with Crippen LogP contribution in [0, 0.1) is 0 Å². The number of rotatable bonds is 1. The molecular formula is C9H12BrN3O. The Morgan fingerprint density at radius 2 is 2.50 bits per heavy atom. The van der Waals surface area contributed by atoms with Crippen molar-refractivity contribution < 1.29 is 4.74 Å². The number of aromatic nitrogens is 2. The van der Waals surface area contributed by atoms with E-state index in [1.165, 1.54) is 0 Å². The molecule has 0 spiro atoms. The molecule has 14 heavy (non-hydrogen) atoms. The van der Waals surface area contributed by atoms with Crippen LogP contribution in [0.2, 0.25) is 0 Å². The first-order chi connectivity index (χ1) is 6.79. The van der Waals surface area contributed by atoms with Gasteiger partial charge in [0.25, 0.3) is 0 Å². The lowest BCUT2D eigenvalue weighted by molar-refractivity contribution is 0.0984. The summed E-state index contributed by atoms with van der Waals surface area (Å²) in [6.07, 6.45) is 3.34. The van der Waals surface area contributed by atoms with Crippen molar-refractivity contribution in [1.29, 1.82) is 0 Å².